The standard InChI is InChI=1S/C15H27N3O3S/c1-15(2,3)14(20)18-11-22-10-12(18)13(19)16-4-5-17-6-8-21-9-7-17/h12H,4-11H2,1-3H3,(H,16,19). The summed E-state index contributed by atoms with van der Waals surface area (Å²) in [4.78, 5) is 28.8. The predicted octanol–water partition coefficient (Wildman–Crippen LogP) is 0.382. The highest BCUT2D eigenvalue weighted by atomic mass is 32.2. The molecule has 0 aromatic heterocycles. The van der Waals surface area contributed by atoms with E-state index in [2.05, 4.69) is 10.2 Å². The van der Waals surface area contributed by atoms with Gasteiger partial charge in [-0.25, -0.2) is 0 Å². The third-order valence-electron chi connectivity index (χ3n) is 3.92. The van der Waals surface area contributed by atoms with Crippen LogP contribution in [0.3, 0.4) is 0 Å². The summed E-state index contributed by atoms with van der Waals surface area (Å²) in [5.41, 5.74) is -0.447. The van der Waals surface area contributed by atoms with Gasteiger partial charge in [0.2, 0.25) is 11.8 Å². The number of thioether (sulfide) groups is 1. The Morgan fingerprint density at radius 2 is 1.95 bits per heavy atom. The molecule has 0 radical (unpaired) electrons. The predicted molar refractivity (Wildman–Crippen MR) is 87.7 cm³/mol. The van der Waals surface area contributed by atoms with E-state index in [1.165, 1.54) is 0 Å². The van der Waals surface area contributed by atoms with Gasteiger partial charge in [0.25, 0.3) is 0 Å². The number of rotatable bonds is 4. The first kappa shape index (κ1) is 17.6. The van der Waals surface area contributed by atoms with Gasteiger partial charge in [-0.05, 0) is 0 Å². The van der Waals surface area contributed by atoms with Crippen LogP contribution in [0.4, 0.5) is 0 Å². The van der Waals surface area contributed by atoms with Gasteiger partial charge in [0, 0.05) is 37.3 Å². The zero-order valence-corrected chi connectivity index (χ0v) is 14.6. The van der Waals surface area contributed by atoms with Crippen LogP contribution >= 0.6 is 11.8 Å². The van der Waals surface area contributed by atoms with E-state index >= 15 is 0 Å². The van der Waals surface area contributed by atoms with Crippen molar-refractivity contribution >= 4 is 23.6 Å². The lowest BCUT2D eigenvalue weighted by atomic mass is 9.94. The molecule has 2 amide bonds. The van der Waals surface area contributed by atoms with Crippen molar-refractivity contribution in [2.24, 2.45) is 5.41 Å². The van der Waals surface area contributed by atoms with Gasteiger partial charge in [0.05, 0.1) is 19.1 Å². The fourth-order valence-corrected chi connectivity index (χ4v) is 3.72. The molecule has 2 heterocycles. The molecule has 22 heavy (non-hydrogen) atoms. The van der Waals surface area contributed by atoms with Gasteiger partial charge in [-0.3, -0.25) is 14.5 Å². The Balaban J connectivity index is 1.79. The maximum atomic E-state index is 12.4. The fraction of sp³-hybridized carbons (Fsp3) is 0.867. The van der Waals surface area contributed by atoms with Crippen molar-refractivity contribution in [2.45, 2.75) is 26.8 Å². The lowest BCUT2D eigenvalue weighted by Crippen LogP contribution is -2.51. The van der Waals surface area contributed by atoms with Crippen molar-refractivity contribution in [3.63, 3.8) is 0 Å². The minimum atomic E-state index is -0.447. The molecular formula is C15H27N3O3S. The average molecular weight is 329 g/mol. The van der Waals surface area contributed by atoms with E-state index in [4.69, 9.17) is 4.74 Å². The van der Waals surface area contributed by atoms with Crippen LogP contribution in [-0.4, -0.2) is 78.7 Å². The Hall–Kier alpha value is -0.790. The number of hydrogen-bond donors (Lipinski definition) is 1. The van der Waals surface area contributed by atoms with Crippen LogP contribution in [0.1, 0.15) is 20.8 Å². The maximum absolute atomic E-state index is 12.4. The maximum Gasteiger partial charge on any atom is 0.243 e. The summed E-state index contributed by atoms with van der Waals surface area (Å²) in [5.74, 6) is 1.31. The summed E-state index contributed by atoms with van der Waals surface area (Å²) in [6, 6.07) is -0.332. The number of carbonyl (C=O) groups is 2. The fourth-order valence-electron chi connectivity index (χ4n) is 2.57. The van der Waals surface area contributed by atoms with Crippen molar-refractivity contribution < 1.29 is 14.3 Å². The summed E-state index contributed by atoms with van der Waals surface area (Å²) in [6.45, 7) is 10.5. The molecule has 0 spiro atoms. The molecule has 0 saturated carbocycles. The van der Waals surface area contributed by atoms with Crippen LogP contribution < -0.4 is 5.32 Å². The van der Waals surface area contributed by atoms with Crippen molar-refractivity contribution in [3.8, 4) is 0 Å². The Bertz CT molecular complexity index is 405. The molecule has 1 N–H and O–H groups in total. The quantitative estimate of drug-likeness (QED) is 0.808. The summed E-state index contributed by atoms with van der Waals surface area (Å²) < 4.78 is 5.30. The molecule has 1 atom stereocenters. The molecule has 0 aliphatic carbocycles. The number of hydrogen-bond acceptors (Lipinski definition) is 5. The molecule has 7 heteroatoms. The number of carbonyl (C=O) groups excluding carboxylic acids is 2. The molecule has 1 unspecified atom stereocenters. The first-order chi connectivity index (χ1) is 10.4. The van der Waals surface area contributed by atoms with Crippen LogP contribution in [0.5, 0.6) is 0 Å². The highest BCUT2D eigenvalue weighted by molar-refractivity contribution is 7.99. The van der Waals surface area contributed by atoms with Gasteiger partial charge >= 0.3 is 0 Å². The Kier molecular flexibility index (Phi) is 6.11. The first-order valence-electron chi connectivity index (χ1n) is 7.86. The summed E-state index contributed by atoms with van der Waals surface area (Å²) in [6.07, 6.45) is 0. The Morgan fingerprint density at radius 3 is 2.59 bits per heavy atom. The van der Waals surface area contributed by atoms with Gasteiger partial charge in [-0.2, -0.15) is 0 Å². The molecule has 2 aliphatic heterocycles. The van der Waals surface area contributed by atoms with E-state index in [0.29, 0.717) is 18.2 Å². The molecule has 6 nitrogen and oxygen atoms in total. The molecule has 2 fully saturated rings. The summed E-state index contributed by atoms with van der Waals surface area (Å²) in [7, 11) is 0. The highest BCUT2D eigenvalue weighted by Gasteiger charge is 2.38. The van der Waals surface area contributed by atoms with Crippen LogP contribution in [0.15, 0.2) is 0 Å². The summed E-state index contributed by atoms with van der Waals surface area (Å²) >= 11 is 1.64. The van der Waals surface area contributed by atoms with Crippen LogP contribution in [-0.2, 0) is 14.3 Å². The van der Waals surface area contributed by atoms with Gasteiger partial charge < -0.3 is 15.0 Å². The largest absolute Gasteiger partial charge is 0.379 e. The van der Waals surface area contributed by atoms with E-state index in [1.807, 2.05) is 20.8 Å². The number of morpholine rings is 1. The van der Waals surface area contributed by atoms with Crippen molar-refractivity contribution in [1.29, 1.82) is 0 Å². The van der Waals surface area contributed by atoms with E-state index in [9.17, 15) is 9.59 Å². The number of nitrogens with one attached hydrogen (secondary N) is 1. The lowest BCUT2D eigenvalue weighted by molar-refractivity contribution is -0.144. The lowest BCUT2D eigenvalue weighted by Gasteiger charge is -2.30. The summed E-state index contributed by atoms with van der Waals surface area (Å²) in [5, 5.41) is 2.98. The minimum absolute atomic E-state index is 0.0316. The van der Waals surface area contributed by atoms with Gasteiger partial charge in [0.15, 0.2) is 0 Å². The minimum Gasteiger partial charge on any atom is -0.379 e. The molecule has 0 bridgehead atoms. The van der Waals surface area contributed by atoms with Crippen molar-refractivity contribution in [1.82, 2.24) is 15.1 Å². The zero-order valence-electron chi connectivity index (χ0n) is 13.8. The third kappa shape index (κ3) is 4.60. The monoisotopic (exact) mass is 329 g/mol. The van der Waals surface area contributed by atoms with Crippen LogP contribution in [0.2, 0.25) is 0 Å². The Morgan fingerprint density at radius 1 is 1.27 bits per heavy atom. The number of amides is 2. The highest BCUT2D eigenvalue weighted by Crippen LogP contribution is 2.27. The first-order valence-corrected chi connectivity index (χ1v) is 9.01. The second-order valence-corrected chi connectivity index (χ2v) is 7.79. The molecule has 2 aliphatic rings. The van der Waals surface area contributed by atoms with Crippen LogP contribution in [0, 0.1) is 5.41 Å². The molecule has 0 aromatic carbocycles. The van der Waals surface area contributed by atoms with Gasteiger partial charge in [-0.15, -0.1) is 11.8 Å². The SMILES string of the molecule is CC(C)(C)C(=O)N1CSCC1C(=O)NCCN1CCOCC1. The average Bonchev–Trinajstić information content (AvgIpc) is 2.95. The van der Waals surface area contributed by atoms with E-state index in [-0.39, 0.29) is 17.9 Å². The van der Waals surface area contributed by atoms with Gasteiger partial charge in [0.1, 0.15) is 6.04 Å². The Labute approximate surface area is 136 Å². The number of nitrogens with zero attached hydrogens (tertiary/aromatic N) is 2. The molecule has 2 rings (SSSR count). The van der Waals surface area contributed by atoms with E-state index in [1.54, 1.807) is 16.7 Å². The molecule has 126 valence electrons. The molecular weight excluding hydrogens is 302 g/mol. The second kappa shape index (κ2) is 7.66. The van der Waals surface area contributed by atoms with E-state index in [0.717, 1.165) is 32.8 Å². The molecule has 0 aromatic rings. The third-order valence-corrected chi connectivity index (χ3v) is 4.93. The van der Waals surface area contributed by atoms with Gasteiger partial charge in [-0.1, -0.05) is 20.8 Å². The molecule has 2 saturated heterocycles. The van der Waals surface area contributed by atoms with E-state index < -0.39 is 5.41 Å². The number of ether oxygens (including phenoxy) is 1. The second-order valence-electron chi connectivity index (χ2n) is 6.79. The van der Waals surface area contributed by atoms with Crippen LogP contribution in [0.25, 0.3) is 0 Å². The van der Waals surface area contributed by atoms with Crippen molar-refractivity contribution in [3.05, 3.63) is 0 Å². The zero-order chi connectivity index (χ0) is 16.2. The topological polar surface area (TPSA) is 61.9 Å². The van der Waals surface area contributed by atoms with Crippen molar-refractivity contribution in [2.75, 3.05) is 51.0 Å². The smallest absolute Gasteiger partial charge is 0.243 e. The normalized spacial score (nSPS) is 23.6.